The lowest BCUT2D eigenvalue weighted by molar-refractivity contribution is 0.102. The minimum Gasteiger partial charge on any atom is -0.461 e. The van der Waals surface area contributed by atoms with Gasteiger partial charge >= 0.3 is 0 Å². The van der Waals surface area contributed by atoms with Crippen LogP contribution >= 0.6 is 23.2 Å². The third-order valence-electron chi connectivity index (χ3n) is 3.96. The number of anilines is 1. The summed E-state index contributed by atoms with van der Waals surface area (Å²) >= 11 is 12.1. The molecule has 3 nitrogen and oxygen atoms in total. The Kier molecular flexibility index (Phi) is 5.16. The number of para-hydroxylation sites is 1. The summed E-state index contributed by atoms with van der Waals surface area (Å²) in [5.41, 5.74) is 3.10. The molecule has 1 heterocycles. The van der Waals surface area contributed by atoms with Crippen LogP contribution in [0.2, 0.25) is 10.0 Å². The molecular formula is C20H17Cl2NO2. The van der Waals surface area contributed by atoms with Crippen LogP contribution in [0.5, 0.6) is 0 Å². The molecule has 0 radical (unpaired) electrons. The quantitative estimate of drug-likeness (QED) is 0.576. The minimum atomic E-state index is -0.207. The maximum absolute atomic E-state index is 12.7. The third kappa shape index (κ3) is 3.89. The number of halogens is 2. The Balaban J connectivity index is 1.90. The molecule has 0 atom stereocenters. The summed E-state index contributed by atoms with van der Waals surface area (Å²) in [7, 11) is 0. The van der Waals surface area contributed by atoms with E-state index in [2.05, 4.69) is 12.2 Å². The fourth-order valence-corrected chi connectivity index (χ4v) is 3.21. The van der Waals surface area contributed by atoms with Gasteiger partial charge in [0.05, 0.1) is 5.56 Å². The highest BCUT2D eigenvalue weighted by Gasteiger charge is 2.17. The SMILES string of the molecule is CCc1ccccc1NC(=O)c1cc(-c2cc(Cl)cc(Cl)c2)oc1C. The molecule has 0 aliphatic heterocycles. The summed E-state index contributed by atoms with van der Waals surface area (Å²) < 4.78 is 5.75. The van der Waals surface area contributed by atoms with E-state index < -0.39 is 0 Å². The molecule has 5 heteroatoms. The zero-order valence-corrected chi connectivity index (χ0v) is 15.4. The third-order valence-corrected chi connectivity index (χ3v) is 4.39. The van der Waals surface area contributed by atoms with E-state index in [-0.39, 0.29) is 5.91 Å². The van der Waals surface area contributed by atoms with Crippen molar-refractivity contribution in [3.63, 3.8) is 0 Å². The average molecular weight is 374 g/mol. The summed E-state index contributed by atoms with van der Waals surface area (Å²) in [6, 6.07) is 14.6. The second-order valence-corrected chi connectivity index (χ2v) is 6.58. The average Bonchev–Trinajstić information content (AvgIpc) is 2.96. The highest BCUT2D eigenvalue weighted by atomic mass is 35.5. The first kappa shape index (κ1) is 17.6. The monoisotopic (exact) mass is 373 g/mol. The van der Waals surface area contributed by atoms with E-state index >= 15 is 0 Å². The van der Waals surface area contributed by atoms with Crippen LogP contribution in [0.3, 0.4) is 0 Å². The lowest BCUT2D eigenvalue weighted by Gasteiger charge is -2.08. The topological polar surface area (TPSA) is 42.2 Å². The van der Waals surface area contributed by atoms with Crippen molar-refractivity contribution in [2.45, 2.75) is 20.3 Å². The zero-order valence-electron chi connectivity index (χ0n) is 13.9. The molecule has 0 saturated carbocycles. The fraction of sp³-hybridized carbons (Fsp3) is 0.150. The summed E-state index contributed by atoms with van der Waals surface area (Å²) in [6.07, 6.45) is 0.840. The van der Waals surface area contributed by atoms with Gasteiger partial charge in [0.15, 0.2) is 0 Å². The molecule has 0 aliphatic rings. The maximum atomic E-state index is 12.7. The predicted molar refractivity (Wildman–Crippen MR) is 103 cm³/mol. The number of carbonyl (C=O) groups excluding carboxylic acids is 1. The molecule has 1 amide bonds. The van der Waals surface area contributed by atoms with Crippen molar-refractivity contribution in [1.29, 1.82) is 0 Å². The van der Waals surface area contributed by atoms with Gasteiger partial charge in [-0.2, -0.15) is 0 Å². The van der Waals surface area contributed by atoms with Crippen molar-refractivity contribution in [3.05, 3.63) is 75.5 Å². The van der Waals surface area contributed by atoms with E-state index in [1.54, 1.807) is 31.2 Å². The fourth-order valence-electron chi connectivity index (χ4n) is 2.69. The molecule has 25 heavy (non-hydrogen) atoms. The normalized spacial score (nSPS) is 10.7. The highest BCUT2D eigenvalue weighted by molar-refractivity contribution is 6.35. The van der Waals surface area contributed by atoms with Crippen LogP contribution in [0.1, 0.15) is 28.6 Å². The molecule has 2 aromatic carbocycles. The molecule has 0 unspecified atom stereocenters. The first-order chi connectivity index (χ1) is 12.0. The molecule has 3 aromatic rings. The van der Waals surface area contributed by atoms with Crippen molar-refractivity contribution in [1.82, 2.24) is 0 Å². The molecule has 0 saturated heterocycles. The lowest BCUT2D eigenvalue weighted by Crippen LogP contribution is -2.13. The summed E-state index contributed by atoms with van der Waals surface area (Å²) in [6.45, 7) is 3.81. The van der Waals surface area contributed by atoms with E-state index in [1.807, 2.05) is 24.3 Å². The summed E-state index contributed by atoms with van der Waals surface area (Å²) in [5.74, 6) is 0.884. The zero-order chi connectivity index (χ0) is 18.0. The van der Waals surface area contributed by atoms with Gasteiger partial charge in [0.1, 0.15) is 11.5 Å². The van der Waals surface area contributed by atoms with Gasteiger partial charge in [0.25, 0.3) is 5.91 Å². The number of aryl methyl sites for hydroxylation is 2. The Morgan fingerprint density at radius 2 is 1.76 bits per heavy atom. The molecule has 3 rings (SSSR count). The lowest BCUT2D eigenvalue weighted by atomic mass is 10.1. The smallest absolute Gasteiger partial charge is 0.259 e. The Morgan fingerprint density at radius 1 is 1.08 bits per heavy atom. The number of hydrogen-bond donors (Lipinski definition) is 1. The number of carbonyl (C=O) groups is 1. The minimum absolute atomic E-state index is 0.207. The predicted octanol–water partition coefficient (Wildman–Crippen LogP) is 6.38. The standard InChI is InChI=1S/C20H17Cl2NO2/c1-3-13-6-4-5-7-18(13)23-20(24)17-11-19(25-12(17)2)14-8-15(21)10-16(22)9-14/h4-11H,3H2,1-2H3,(H,23,24). The van der Waals surface area contributed by atoms with Crippen LogP contribution in [0.4, 0.5) is 5.69 Å². The largest absolute Gasteiger partial charge is 0.461 e. The van der Waals surface area contributed by atoms with Crippen molar-refractivity contribution in [3.8, 4) is 11.3 Å². The van der Waals surface area contributed by atoms with Crippen molar-refractivity contribution in [2.24, 2.45) is 0 Å². The van der Waals surface area contributed by atoms with Crippen LogP contribution in [0.25, 0.3) is 11.3 Å². The molecule has 0 aliphatic carbocycles. The van der Waals surface area contributed by atoms with Gasteiger partial charge in [-0.05, 0) is 49.2 Å². The van der Waals surface area contributed by atoms with E-state index in [1.165, 1.54) is 0 Å². The Bertz CT molecular complexity index is 911. The molecule has 0 spiro atoms. The number of rotatable bonds is 4. The first-order valence-electron chi connectivity index (χ1n) is 7.94. The van der Waals surface area contributed by atoms with Gasteiger partial charge in [0, 0.05) is 21.3 Å². The Hall–Kier alpha value is -2.23. The van der Waals surface area contributed by atoms with Crippen LogP contribution in [-0.2, 0) is 6.42 Å². The maximum Gasteiger partial charge on any atom is 0.259 e. The number of benzene rings is 2. The van der Waals surface area contributed by atoms with Crippen LogP contribution in [-0.4, -0.2) is 5.91 Å². The van der Waals surface area contributed by atoms with Gasteiger partial charge in [-0.15, -0.1) is 0 Å². The second-order valence-electron chi connectivity index (χ2n) is 5.70. The van der Waals surface area contributed by atoms with E-state index in [4.69, 9.17) is 27.6 Å². The van der Waals surface area contributed by atoms with Crippen LogP contribution in [0.15, 0.2) is 52.9 Å². The summed E-state index contributed by atoms with van der Waals surface area (Å²) in [4.78, 5) is 12.7. The number of hydrogen-bond acceptors (Lipinski definition) is 2. The second kappa shape index (κ2) is 7.34. The van der Waals surface area contributed by atoms with Crippen molar-refractivity contribution >= 4 is 34.8 Å². The molecular weight excluding hydrogens is 357 g/mol. The van der Waals surface area contributed by atoms with E-state index in [9.17, 15) is 4.79 Å². The number of amides is 1. The number of furan rings is 1. The first-order valence-corrected chi connectivity index (χ1v) is 8.69. The van der Waals surface area contributed by atoms with Crippen LogP contribution < -0.4 is 5.32 Å². The molecule has 1 aromatic heterocycles. The highest BCUT2D eigenvalue weighted by Crippen LogP contribution is 2.30. The molecule has 0 bridgehead atoms. The summed E-state index contributed by atoms with van der Waals surface area (Å²) in [5, 5.41) is 3.98. The van der Waals surface area contributed by atoms with Crippen molar-refractivity contribution < 1.29 is 9.21 Å². The van der Waals surface area contributed by atoms with Gasteiger partial charge < -0.3 is 9.73 Å². The van der Waals surface area contributed by atoms with Gasteiger partial charge in [-0.1, -0.05) is 48.3 Å². The molecule has 0 fully saturated rings. The van der Waals surface area contributed by atoms with E-state index in [0.29, 0.717) is 27.1 Å². The van der Waals surface area contributed by atoms with Gasteiger partial charge in [0.2, 0.25) is 0 Å². The van der Waals surface area contributed by atoms with Crippen molar-refractivity contribution in [2.75, 3.05) is 5.32 Å². The number of nitrogens with one attached hydrogen (secondary N) is 1. The van der Waals surface area contributed by atoms with Crippen LogP contribution in [0, 0.1) is 6.92 Å². The van der Waals surface area contributed by atoms with E-state index in [0.717, 1.165) is 23.2 Å². The molecule has 1 N–H and O–H groups in total. The Morgan fingerprint density at radius 3 is 2.44 bits per heavy atom. The van der Waals surface area contributed by atoms with Gasteiger partial charge in [-0.25, -0.2) is 0 Å². The molecule has 128 valence electrons. The Labute approximate surface area is 156 Å². The van der Waals surface area contributed by atoms with Gasteiger partial charge in [-0.3, -0.25) is 4.79 Å².